The predicted octanol–water partition coefficient (Wildman–Crippen LogP) is 6.86. The lowest BCUT2D eigenvalue weighted by Crippen LogP contribution is -2.28. The molecule has 136 valence electrons. The van der Waals surface area contributed by atoms with E-state index in [9.17, 15) is 4.79 Å². The van der Waals surface area contributed by atoms with Crippen molar-refractivity contribution in [2.45, 2.75) is 103 Å². The Hall–Kier alpha value is -0.590. The predicted molar refractivity (Wildman–Crippen MR) is 102 cm³/mol. The number of hydrogen-bond donors (Lipinski definition) is 0. The van der Waals surface area contributed by atoms with E-state index >= 15 is 0 Å². The molecule has 0 aromatic rings. The van der Waals surface area contributed by atoms with Crippen molar-refractivity contribution in [3.63, 3.8) is 0 Å². The summed E-state index contributed by atoms with van der Waals surface area (Å²) in [7, 11) is 0. The van der Waals surface area contributed by atoms with E-state index in [-0.39, 0.29) is 0 Å². The molecule has 0 N–H and O–H groups in total. The Kier molecular flexibility index (Phi) is 7.42. The Labute approximate surface area is 149 Å². The molecule has 5 aliphatic carbocycles. The molecule has 5 rings (SSSR count). The first-order valence-electron chi connectivity index (χ1n) is 11.0. The summed E-state index contributed by atoms with van der Waals surface area (Å²) in [6, 6.07) is 0. The number of allylic oxidation sites excluding steroid dienone is 2. The van der Waals surface area contributed by atoms with Gasteiger partial charge in [-0.1, -0.05) is 82.8 Å². The van der Waals surface area contributed by atoms with E-state index in [4.69, 9.17) is 0 Å². The topological polar surface area (TPSA) is 17.1 Å². The van der Waals surface area contributed by atoms with Gasteiger partial charge in [-0.2, -0.15) is 0 Å². The molecule has 4 saturated carbocycles. The smallest absolute Gasteiger partial charge is 0.136 e. The average molecular weight is 331 g/mol. The zero-order chi connectivity index (χ0) is 16.6. The van der Waals surface area contributed by atoms with Crippen molar-refractivity contribution in [1.82, 2.24) is 0 Å². The summed E-state index contributed by atoms with van der Waals surface area (Å²) in [6.07, 6.45) is 26.5. The lowest BCUT2D eigenvalue weighted by Gasteiger charge is -2.40. The van der Waals surface area contributed by atoms with Gasteiger partial charge in [-0.3, -0.25) is 4.79 Å². The van der Waals surface area contributed by atoms with Crippen molar-refractivity contribution >= 4 is 5.78 Å². The molecule has 0 saturated heterocycles. The SMILES string of the molecule is C1CCC2CCC2C1.C1CCC2CCCC2C1.O=C1CC=CCC1. The van der Waals surface area contributed by atoms with Gasteiger partial charge in [-0.05, 0) is 42.9 Å². The Balaban J connectivity index is 0.000000107. The van der Waals surface area contributed by atoms with Crippen LogP contribution in [0.3, 0.4) is 0 Å². The van der Waals surface area contributed by atoms with Gasteiger partial charge in [0.15, 0.2) is 0 Å². The van der Waals surface area contributed by atoms with E-state index in [1.807, 2.05) is 6.08 Å². The van der Waals surface area contributed by atoms with Crippen LogP contribution in [0.2, 0.25) is 0 Å². The first-order chi connectivity index (χ1) is 11.8. The third-order valence-corrected chi connectivity index (χ3v) is 7.29. The molecule has 0 heterocycles. The Bertz CT molecular complexity index is 386. The van der Waals surface area contributed by atoms with Crippen LogP contribution in [0.4, 0.5) is 0 Å². The van der Waals surface area contributed by atoms with Crippen LogP contribution in [0.25, 0.3) is 0 Å². The van der Waals surface area contributed by atoms with E-state index in [1.165, 1.54) is 55.8 Å². The molecule has 4 atom stereocenters. The van der Waals surface area contributed by atoms with Crippen molar-refractivity contribution in [1.29, 1.82) is 0 Å². The number of ketones is 1. The summed E-state index contributed by atoms with van der Waals surface area (Å²) < 4.78 is 0. The van der Waals surface area contributed by atoms with Crippen molar-refractivity contribution in [3.05, 3.63) is 12.2 Å². The molecule has 0 aliphatic heterocycles. The molecular weight excluding hydrogens is 292 g/mol. The zero-order valence-corrected chi connectivity index (χ0v) is 15.7. The molecule has 4 unspecified atom stereocenters. The standard InChI is InChI=1S/C9H16.C8H14.C6H8O/c1-2-5-9-7-3-6-8(9)4-1;1-2-4-8-6-5-7(8)3-1;7-6-4-2-1-3-5-6/h8-9H,1-7H2;7-8H,1-6H2;1-2H,3-5H2. The maximum absolute atomic E-state index is 10.4. The van der Waals surface area contributed by atoms with Gasteiger partial charge in [-0.15, -0.1) is 0 Å². The van der Waals surface area contributed by atoms with Crippen LogP contribution in [-0.2, 0) is 4.79 Å². The summed E-state index contributed by atoms with van der Waals surface area (Å²) >= 11 is 0. The van der Waals surface area contributed by atoms with E-state index in [2.05, 4.69) is 6.08 Å². The second-order valence-electron chi connectivity index (χ2n) is 8.87. The first-order valence-corrected chi connectivity index (χ1v) is 11.0. The minimum absolute atomic E-state index is 0.377. The highest BCUT2D eigenvalue weighted by Crippen LogP contribution is 2.44. The molecule has 0 aromatic heterocycles. The maximum Gasteiger partial charge on any atom is 0.136 e. The number of fused-ring (bicyclic) bond motifs is 2. The quantitative estimate of drug-likeness (QED) is 0.443. The van der Waals surface area contributed by atoms with Gasteiger partial charge in [0.25, 0.3) is 0 Å². The third-order valence-electron chi connectivity index (χ3n) is 7.29. The molecule has 5 aliphatic rings. The molecule has 0 bridgehead atoms. The number of hydrogen-bond acceptors (Lipinski definition) is 1. The van der Waals surface area contributed by atoms with E-state index in [0.717, 1.165) is 12.8 Å². The number of carbonyl (C=O) groups excluding carboxylic acids is 1. The number of carbonyl (C=O) groups is 1. The summed E-state index contributed by atoms with van der Waals surface area (Å²) in [5, 5.41) is 0. The summed E-state index contributed by atoms with van der Waals surface area (Å²) in [5.41, 5.74) is 0. The molecule has 0 amide bonds. The molecule has 0 spiro atoms. The van der Waals surface area contributed by atoms with E-state index in [1.54, 1.807) is 51.4 Å². The largest absolute Gasteiger partial charge is 0.299 e. The molecule has 0 aromatic carbocycles. The highest BCUT2D eigenvalue weighted by atomic mass is 16.1. The molecule has 0 radical (unpaired) electrons. The minimum atomic E-state index is 0.377. The Morgan fingerprint density at radius 1 is 0.583 bits per heavy atom. The lowest BCUT2D eigenvalue weighted by atomic mass is 9.66. The highest BCUT2D eigenvalue weighted by Gasteiger charge is 2.32. The van der Waals surface area contributed by atoms with Crippen molar-refractivity contribution in [2.24, 2.45) is 23.7 Å². The van der Waals surface area contributed by atoms with Gasteiger partial charge in [0.2, 0.25) is 0 Å². The maximum atomic E-state index is 10.4. The molecular formula is C23H38O. The fourth-order valence-corrected chi connectivity index (χ4v) is 5.58. The normalized spacial score (nSPS) is 36.9. The lowest BCUT2D eigenvalue weighted by molar-refractivity contribution is -0.118. The van der Waals surface area contributed by atoms with Gasteiger partial charge in [0.1, 0.15) is 5.78 Å². The zero-order valence-electron chi connectivity index (χ0n) is 15.7. The monoisotopic (exact) mass is 330 g/mol. The molecule has 1 heteroatoms. The average Bonchev–Trinajstić information content (AvgIpc) is 3.07. The van der Waals surface area contributed by atoms with Crippen LogP contribution in [0.5, 0.6) is 0 Å². The van der Waals surface area contributed by atoms with E-state index in [0.29, 0.717) is 12.2 Å². The van der Waals surface area contributed by atoms with Crippen LogP contribution in [0.15, 0.2) is 12.2 Å². The van der Waals surface area contributed by atoms with Crippen molar-refractivity contribution in [2.75, 3.05) is 0 Å². The fraction of sp³-hybridized carbons (Fsp3) is 0.870. The summed E-state index contributed by atoms with van der Waals surface area (Å²) in [5.74, 6) is 5.08. The van der Waals surface area contributed by atoms with Gasteiger partial charge in [-0.25, -0.2) is 0 Å². The first kappa shape index (κ1) is 18.2. The number of rotatable bonds is 0. The van der Waals surface area contributed by atoms with Crippen LogP contribution in [0.1, 0.15) is 103 Å². The number of Topliss-reactive ketones (excluding diaryl/α,β-unsaturated/α-hetero) is 1. The highest BCUT2D eigenvalue weighted by molar-refractivity contribution is 5.80. The van der Waals surface area contributed by atoms with Crippen LogP contribution < -0.4 is 0 Å². The van der Waals surface area contributed by atoms with Gasteiger partial charge < -0.3 is 0 Å². The molecule has 1 nitrogen and oxygen atoms in total. The second kappa shape index (κ2) is 9.78. The summed E-state index contributed by atoms with van der Waals surface area (Å²) in [4.78, 5) is 10.4. The van der Waals surface area contributed by atoms with Crippen LogP contribution in [-0.4, -0.2) is 5.78 Å². The Morgan fingerprint density at radius 2 is 1.04 bits per heavy atom. The van der Waals surface area contributed by atoms with Crippen LogP contribution in [0, 0.1) is 23.7 Å². The minimum Gasteiger partial charge on any atom is -0.299 e. The fourth-order valence-electron chi connectivity index (χ4n) is 5.58. The summed E-state index contributed by atoms with van der Waals surface area (Å²) in [6.45, 7) is 0. The van der Waals surface area contributed by atoms with Gasteiger partial charge in [0, 0.05) is 12.8 Å². The molecule has 4 fully saturated rings. The van der Waals surface area contributed by atoms with Crippen molar-refractivity contribution in [3.8, 4) is 0 Å². The third kappa shape index (κ3) is 5.46. The van der Waals surface area contributed by atoms with Crippen LogP contribution >= 0.6 is 0 Å². The second-order valence-corrected chi connectivity index (χ2v) is 8.87. The van der Waals surface area contributed by atoms with Gasteiger partial charge in [0.05, 0.1) is 0 Å². The van der Waals surface area contributed by atoms with E-state index < -0.39 is 0 Å². The van der Waals surface area contributed by atoms with Crippen molar-refractivity contribution < 1.29 is 4.79 Å². The Morgan fingerprint density at radius 3 is 1.33 bits per heavy atom. The molecule has 24 heavy (non-hydrogen) atoms. The van der Waals surface area contributed by atoms with Gasteiger partial charge >= 0.3 is 0 Å².